The molecular formula is C13H16BrNOS. The highest BCUT2D eigenvalue weighted by Crippen LogP contribution is 2.32. The summed E-state index contributed by atoms with van der Waals surface area (Å²) in [5, 5.41) is 3.51. The number of likely N-dealkylation sites (N-methyl/N-ethyl adjacent to an activating group) is 1. The summed E-state index contributed by atoms with van der Waals surface area (Å²) in [5.41, 5.74) is 1.30. The molecule has 2 rings (SSSR count). The van der Waals surface area contributed by atoms with Crippen molar-refractivity contribution >= 4 is 27.3 Å². The summed E-state index contributed by atoms with van der Waals surface area (Å²) in [5.74, 6) is 1.03. The number of rotatable bonds is 5. The minimum atomic E-state index is 0.334. The van der Waals surface area contributed by atoms with Crippen molar-refractivity contribution in [2.24, 2.45) is 0 Å². The number of hydrogen-bond acceptors (Lipinski definition) is 3. The highest BCUT2D eigenvalue weighted by atomic mass is 79.9. The lowest BCUT2D eigenvalue weighted by atomic mass is 10.1. The number of thiophene rings is 1. The molecule has 2 aromatic heterocycles. The van der Waals surface area contributed by atoms with Gasteiger partial charge in [0.25, 0.3) is 0 Å². The van der Waals surface area contributed by atoms with Crippen LogP contribution in [0.1, 0.15) is 29.2 Å². The van der Waals surface area contributed by atoms with Crippen LogP contribution in [0.2, 0.25) is 0 Å². The first kappa shape index (κ1) is 12.9. The maximum Gasteiger partial charge on any atom is 0.105 e. The van der Waals surface area contributed by atoms with E-state index in [4.69, 9.17) is 4.42 Å². The Morgan fingerprint density at radius 2 is 2.35 bits per heavy atom. The van der Waals surface area contributed by atoms with Crippen LogP contribution in [0.4, 0.5) is 0 Å². The molecule has 0 radical (unpaired) electrons. The molecule has 2 heterocycles. The van der Waals surface area contributed by atoms with Gasteiger partial charge in [-0.05, 0) is 53.2 Å². The maximum absolute atomic E-state index is 5.42. The molecule has 4 heteroatoms. The molecule has 0 aromatic carbocycles. The largest absolute Gasteiger partial charge is 0.469 e. The van der Waals surface area contributed by atoms with Crippen molar-refractivity contribution < 1.29 is 4.42 Å². The minimum absolute atomic E-state index is 0.334. The second kappa shape index (κ2) is 5.85. The van der Waals surface area contributed by atoms with Gasteiger partial charge in [-0.15, -0.1) is 11.3 Å². The first-order valence-corrected chi connectivity index (χ1v) is 7.33. The zero-order chi connectivity index (χ0) is 12.3. The fourth-order valence-electron chi connectivity index (χ4n) is 1.80. The second-order valence-corrected chi connectivity index (χ2v) is 6.40. The van der Waals surface area contributed by atoms with Gasteiger partial charge >= 0.3 is 0 Å². The molecule has 0 aliphatic carbocycles. The third-order valence-electron chi connectivity index (χ3n) is 2.66. The van der Waals surface area contributed by atoms with E-state index in [1.807, 2.05) is 12.1 Å². The lowest BCUT2D eigenvalue weighted by molar-refractivity contribution is 0.458. The molecule has 92 valence electrons. The van der Waals surface area contributed by atoms with E-state index >= 15 is 0 Å². The molecule has 0 spiro atoms. The lowest BCUT2D eigenvalue weighted by Gasteiger charge is -2.14. The van der Waals surface area contributed by atoms with Crippen LogP contribution in [-0.2, 0) is 6.42 Å². The van der Waals surface area contributed by atoms with Gasteiger partial charge in [0.1, 0.15) is 5.76 Å². The highest BCUT2D eigenvalue weighted by Gasteiger charge is 2.16. The summed E-state index contributed by atoms with van der Waals surface area (Å²) in [4.78, 5) is 1.35. The van der Waals surface area contributed by atoms with E-state index in [1.54, 1.807) is 17.6 Å². The molecule has 0 aliphatic rings. The predicted molar refractivity (Wildman–Crippen MR) is 75.6 cm³/mol. The van der Waals surface area contributed by atoms with Crippen molar-refractivity contribution in [2.75, 3.05) is 6.54 Å². The van der Waals surface area contributed by atoms with E-state index in [2.05, 4.69) is 41.2 Å². The Bertz CT molecular complexity index is 444. The van der Waals surface area contributed by atoms with Crippen LogP contribution in [0, 0.1) is 6.92 Å². The number of hydrogen-bond donors (Lipinski definition) is 1. The van der Waals surface area contributed by atoms with Gasteiger partial charge in [-0.2, -0.15) is 0 Å². The quantitative estimate of drug-likeness (QED) is 0.890. The van der Waals surface area contributed by atoms with Gasteiger partial charge in [0.15, 0.2) is 0 Å². The monoisotopic (exact) mass is 313 g/mol. The normalized spacial score (nSPS) is 12.9. The number of aryl methyl sites for hydroxylation is 1. The van der Waals surface area contributed by atoms with E-state index in [0.29, 0.717) is 6.04 Å². The first-order chi connectivity index (χ1) is 8.20. The topological polar surface area (TPSA) is 25.2 Å². The number of furan rings is 1. The molecule has 0 amide bonds. The molecule has 1 atom stereocenters. The van der Waals surface area contributed by atoms with Crippen LogP contribution in [0.25, 0.3) is 0 Å². The summed E-state index contributed by atoms with van der Waals surface area (Å²) < 4.78 is 6.64. The van der Waals surface area contributed by atoms with Gasteiger partial charge in [0.2, 0.25) is 0 Å². The van der Waals surface area contributed by atoms with Gasteiger partial charge in [-0.1, -0.05) is 6.92 Å². The summed E-state index contributed by atoms with van der Waals surface area (Å²) >= 11 is 5.38. The third-order valence-corrected chi connectivity index (χ3v) is 4.91. The molecule has 2 aromatic rings. The maximum atomic E-state index is 5.42. The average molecular weight is 314 g/mol. The van der Waals surface area contributed by atoms with Gasteiger partial charge in [0, 0.05) is 17.3 Å². The van der Waals surface area contributed by atoms with Crippen LogP contribution in [-0.4, -0.2) is 6.54 Å². The van der Waals surface area contributed by atoms with Crippen LogP contribution in [0.15, 0.2) is 32.7 Å². The molecule has 2 nitrogen and oxygen atoms in total. The molecule has 17 heavy (non-hydrogen) atoms. The van der Waals surface area contributed by atoms with Crippen molar-refractivity contribution in [1.82, 2.24) is 5.32 Å². The van der Waals surface area contributed by atoms with Crippen molar-refractivity contribution in [3.63, 3.8) is 0 Å². The second-order valence-electron chi connectivity index (χ2n) is 4.00. The van der Waals surface area contributed by atoms with Crippen molar-refractivity contribution in [3.8, 4) is 0 Å². The molecule has 1 N–H and O–H groups in total. The SMILES string of the molecule is CCNC(Cc1ccco1)c1cc(C)c(Br)s1. The van der Waals surface area contributed by atoms with Crippen molar-refractivity contribution in [2.45, 2.75) is 26.3 Å². The van der Waals surface area contributed by atoms with E-state index in [-0.39, 0.29) is 0 Å². The minimum Gasteiger partial charge on any atom is -0.469 e. The van der Waals surface area contributed by atoms with E-state index in [1.165, 1.54) is 14.2 Å². The zero-order valence-electron chi connectivity index (χ0n) is 10.00. The predicted octanol–water partition coefficient (Wildman–Crippen LogP) is 4.31. The summed E-state index contributed by atoms with van der Waals surface area (Å²) in [7, 11) is 0. The molecule has 0 saturated carbocycles. The smallest absolute Gasteiger partial charge is 0.105 e. The molecule has 0 fully saturated rings. The Morgan fingerprint density at radius 3 is 2.88 bits per heavy atom. The van der Waals surface area contributed by atoms with Crippen LogP contribution >= 0.6 is 27.3 Å². The van der Waals surface area contributed by atoms with Gasteiger partial charge in [-0.25, -0.2) is 0 Å². The Kier molecular flexibility index (Phi) is 4.42. The zero-order valence-corrected chi connectivity index (χ0v) is 12.4. The standard InChI is InChI=1S/C13H16BrNOS/c1-3-15-11(8-10-5-4-6-16-10)12-7-9(2)13(14)17-12/h4-7,11,15H,3,8H2,1-2H3. The van der Waals surface area contributed by atoms with E-state index in [0.717, 1.165) is 18.7 Å². The van der Waals surface area contributed by atoms with E-state index < -0.39 is 0 Å². The molecular weight excluding hydrogens is 298 g/mol. The van der Waals surface area contributed by atoms with E-state index in [9.17, 15) is 0 Å². The fourth-order valence-corrected chi connectivity index (χ4v) is 3.45. The third kappa shape index (κ3) is 3.21. The summed E-state index contributed by atoms with van der Waals surface area (Å²) in [6.07, 6.45) is 2.63. The Morgan fingerprint density at radius 1 is 1.53 bits per heavy atom. The number of halogens is 1. The fraction of sp³-hybridized carbons (Fsp3) is 0.385. The van der Waals surface area contributed by atoms with Crippen LogP contribution in [0.3, 0.4) is 0 Å². The van der Waals surface area contributed by atoms with Crippen molar-refractivity contribution in [3.05, 3.63) is 44.4 Å². The van der Waals surface area contributed by atoms with Gasteiger partial charge in [-0.3, -0.25) is 0 Å². The lowest BCUT2D eigenvalue weighted by Crippen LogP contribution is -2.21. The summed E-state index contributed by atoms with van der Waals surface area (Å²) in [6, 6.07) is 6.54. The molecule has 0 saturated heterocycles. The van der Waals surface area contributed by atoms with Crippen molar-refractivity contribution in [1.29, 1.82) is 0 Å². The first-order valence-electron chi connectivity index (χ1n) is 5.72. The van der Waals surface area contributed by atoms with Gasteiger partial charge < -0.3 is 9.73 Å². The summed E-state index contributed by atoms with van der Waals surface area (Å²) in [6.45, 7) is 5.21. The average Bonchev–Trinajstić information content (AvgIpc) is 2.90. The highest BCUT2D eigenvalue weighted by molar-refractivity contribution is 9.11. The molecule has 0 bridgehead atoms. The Labute approximate surface area is 114 Å². The van der Waals surface area contributed by atoms with Crippen LogP contribution < -0.4 is 5.32 Å². The molecule has 0 aliphatic heterocycles. The van der Waals surface area contributed by atoms with Gasteiger partial charge in [0.05, 0.1) is 10.0 Å². The Hall–Kier alpha value is -0.580. The molecule has 1 unspecified atom stereocenters. The number of nitrogens with one attached hydrogen (secondary N) is 1. The van der Waals surface area contributed by atoms with Crippen LogP contribution in [0.5, 0.6) is 0 Å². The Balaban J connectivity index is 2.16.